The van der Waals surface area contributed by atoms with Crippen molar-refractivity contribution in [3.8, 4) is 0 Å². The standard InChI is InChI=1S/C13H17FN2O4S/c1-8-4-3-5-10(14)12(8)21(18,19)16-7-9(20-2)6-11(16)13(15)17/h3-5,9,11H,6-7H2,1-2H3,(H2,15,17)/t9-,11-/m0/s1. The monoisotopic (exact) mass is 316 g/mol. The van der Waals surface area contributed by atoms with Crippen molar-refractivity contribution < 1.29 is 22.3 Å². The van der Waals surface area contributed by atoms with Crippen LogP contribution in [0.4, 0.5) is 4.39 Å². The molecule has 0 radical (unpaired) electrons. The number of aryl methyl sites for hydroxylation is 1. The maximum Gasteiger partial charge on any atom is 0.247 e. The number of carbonyl (C=O) groups is 1. The van der Waals surface area contributed by atoms with E-state index in [0.717, 1.165) is 10.4 Å². The third-order valence-corrected chi connectivity index (χ3v) is 5.66. The molecule has 1 fully saturated rings. The van der Waals surface area contributed by atoms with Crippen LogP contribution < -0.4 is 5.73 Å². The number of amides is 1. The second-order valence-electron chi connectivity index (χ2n) is 4.97. The molecular weight excluding hydrogens is 299 g/mol. The van der Waals surface area contributed by atoms with Crippen LogP contribution in [0.15, 0.2) is 23.1 Å². The lowest BCUT2D eigenvalue weighted by atomic mass is 10.2. The van der Waals surface area contributed by atoms with E-state index in [4.69, 9.17) is 10.5 Å². The van der Waals surface area contributed by atoms with E-state index in [1.807, 2.05) is 0 Å². The number of benzene rings is 1. The molecule has 1 aliphatic rings. The predicted molar refractivity (Wildman–Crippen MR) is 73.4 cm³/mol. The quantitative estimate of drug-likeness (QED) is 0.870. The third kappa shape index (κ3) is 2.78. The van der Waals surface area contributed by atoms with Crippen LogP contribution in [-0.2, 0) is 19.6 Å². The first-order chi connectivity index (χ1) is 9.78. The van der Waals surface area contributed by atoms with Gasteiger partial charge in [0.15, 0.2) is 0 Å². The topological polar surface area (TPSA) is 89.7 Å². The van der Waals surface area contributed by atoms with E-state index < -0.39 is 38.8 Å². The van der Waals surface area contributed by atoms with Gasteiger partial charge in [0.2, 0.25) is 15.9 Å². The lowest BCUT2D eigenvalue weighted by Crippen LogP contribution is -2.44. The van der Waals surface area contributed by atoms with Gasteiger partial charge in [0.05, 0.1) is 6.10 Å². The number of nitrogens with zero attached hydrogens (tertiary/aromatic N) is 1. The van der Waals surface area contributed by atoms with Gasteiger partial charge in [0, 0.05) is 20.1 Å². The van der Waals surface area contributed by atoms with Gasteiger partial charge in [0.25, 0.3) is 0 Å². The lowest BCUT2D eigenvalue weighted by Gasteiger charge is -2.22. The fourth-order valence-corrected chi connectivity index (χ4v) is 4.44. The van der Waals surface area contributed by atoms with Gasteiger partial charge in [-0.2, -0.15) is 4.31 Å². The van der Waals surface area contributed by atoms with Crippen molar-refractivity contribution in [3.63, 3.8) is 0 Å². The van der Waals surface area contributed by atoms with E-state index in [1.54, 1.807) is 0 Å². The maximum atomic E-state index is 14.0. The second kappa shape index (κ2) is 5.70. The first kappa shape index (κ1) is 15.9. The number of hydrogen-bond donors (Lipinski definition) is 1. The van der Waals surface area contributed by atoms with E-state index >= 15 is 0 Å². The highest BCUT2D eigenvalue weighted by Gasteiger charge is 2.44. The van der Waals surface area contributed by atoms with Crippen molar-refractivity contribution in [2.75, 3.05) is 13.7 Å². The molecule has 1 aromatic carbocycles. The smallest absolute Gasteiger partial charge is 0.247 e. The van der Waals surface area contributed by atoms with Crippen LogP contribution in [-0.4, -0.2) is 44.4 Å². The van der Waals surface area contributed by atoms with Crippen LogP contribution in [0.2, 0.25) is 0 Å². The highest BCUT2D eigenvalue weighted by Crippen LogP contribution is 2.30. The Labute approximate surface area is 122 Å². The van der Waals surface area contributed by atoms with E-state index in [1.165, 1.54) is 26.2 Å². The molecule has 0 unspecified atom stereocenters. The molecule has 2 N–H and O–H groups in total. The van der Waals surface area contributed by atoms with Crippen molar-refractivity contribution in [2.24, 2.45) is 5.73 Å². The van der Waals surface area contributed by atoms with Crippen molar-refractivity contribution in [2.45, 2.75) is 30.4 Å². The van der Waals surface area contributed by atoms with Crippen molar-refractivity contribution in [1.29, 1.82) is 0 Å². The average Bonchev–Trinajstić information content (AvgIpc) is 2.83. The molecule has 0 spiro atoms. The van der Waals surface area contributed by atoms with E-state index in [2.05, 4.69) is 0 Å². The van der Waals surface area contributed by atoms with Crippen LogP contribution in [0.1, 0.15) is 12.0 Å². The van der Waals surface area contributed by atoms with Gasteiger partial charge in [-0.05, 0) is 18.6 Å². The largest absolute Gasteiger partial charge is 0.380 e. The first-order valence-electron chi connectivity index (χ1n) is 6.38. The zero-order chi connectivity index (χ0) is 15.8. The normalized spacial score (nSPS) is 23.4. The minimum absolute atomic E-state index is 0.0276. The summed E-state index contributed by atoms with van der Waals surface area (Å²) in [5.74, 6) is -1.62. The second-order valence-corrected chi connectivity index (χ2v) is 6.80. The van der Waals surface area contributed by atoms with E-state index in [0.29, 0.717) is 0 Å². The van der Waals surface area contributed by atoms with Crippen molar-refractivity contribution >= 4 is 15.9 Å². The molecular formula is C13H17FN2O4S. The molecule has 21 heavy (non-hydrogen) atoms. The Balaban J connectivity index is 2.50. The summed E-state index contributed by atoms with van der Waals surface area (Å²) in [6.45, 7) is 1.47. The van der Waals surface area contributed by atoms with Gasteiger partial charge < -0.3 is 10.5 Å². The number of halogens is 1. The van der Waals surface area contributed by atoms with Gasteiger partial charge in [-0.1, -0.05) is 12.1 Å². The molecule has 0 aromatic heterocycles. The average molecular weight is 316 g/mol. The zero-order valence-corrected chi connectivity index (χ0v) is 12.6. The van der Waals surface area contributed by atoms with Gasteiger partial charge >= 0.3 is 0 Å². The van der Waals surface area contributed by atoms with Crippen LogP contribution in [0.25, 0.3) is 0 Å². The minimum atomic E-state index is -4.16. The Bertz CT molecular complexity index is 642. The Morgan fingerprint density at radius 3 is 2.67 bits per heavy atom. The van der Waals surface area contributed by atoms with Crippen LogP contribution >= 0.6 is 0 Å². The van der Waals surface area contributed by atoms with Gasteiger partial charge in [-0.3, -0.25) is 4.79 Å². The fraction of sp³-hybridized carbons (Fsp3) is 0.462. The molecule has 0 saturated carbocycles. The van der Waals surface area contributed by atoms with E-state index in [-0.39, 0.29) is 18.5 Å². The highest BCUT2D eigenvalue weighted by atomic mass is 32.2. The summed E-state index contributed by atoms with van der Waals surface area (Å²) >= 11 is 0. The molecule has 0 bridgehead atoms. The molecule has 1 aliphatic heterocycles. The number of primary amides is 1. The summed E-state index contributed by atoms with van der Waals surface area (Å²) in [6.07, 6.45) is -0.275. The first-order valence-corrected chi connectivity index (χ1v) is 7.82. The minimum Gasteiger partial charge on any atom is -0.380 e. The molecule has 0 aliphatic carbocycles. The molecule has 8 heteroatoms. The van der Waals surface area contributed by atoms with E-state index in [9.17, 15) is 17.6 Å². The molecule has 1 heterocycles. The van der Waals surface area contributed by atoms with Crippen LogP contribution in [0.5, 0.6) is 0 Å². The number of rotatable bonds is 4. The number of nitrogens with two attached hydrogens (primary N) is 1. The summed E-state index contributed by atoms with van der Waals surface area (Å²) in [5, 5.41) is 0. The van der Waals surface area contributed by atoms with Crippen molar-refractivity contribution in [3.05, 3.63) is 29.6 Å². The summed E-state index contributed by atoms with van der Waals surface area (Å²) < 4.78 is 45.3. The summed E-state index contributed by atoms with van der Waals surface area (Å²) in [6, 6.07) is 2.97. The maximum absolute atomic E-state index is 14.0. The summed E-state index contributed by atoms with van der Waals surface area (Å²) in [4.78, 5) is 11.1. The molecule has 1 aromatic rings. The molecule has 2 atom stereocenters. The third-order valence-electron chi connectivity index (χ3n) is 3.61. The highest BCUT2D eigenvalue weighted by molar-refractivity contribution is 7.89. The Morgan fingerprint density at radius 2 is 2.14 bits per heavy atom. The van der Waals surface area contributed by atoms with Gasteiger partial charge in [-0.25, -0.2) is 12.8 Å². The predicted octanol–water partition coefficient (Wildman–Crippen LogP) is 0.397. The molecule has 1 saturated heterocycles. The summed E-state index contributed by atoms with van der Waals surface area (Å²) in [5.41, 5.74) is 5.54. The van der Waals surface area contributed by atoms with Gasteiger partial charge in [-0.15, -0.1) is 0 Å². The molecule has 116 valence electrons. The number of ether oxygens (including phenoxy) is 1. The number of sulfonamides is 1. The molecule has 1 amide bonds. The molecule has 2 rings (SSSR count). The zero-order valence-electron chi connectivity index (χ0n) is 11.7. The lowest BCUT2D eigenvalue weighted by molar-refractivity contribution is -0.121. The number of methoxy groups -OCH3 is 1. The van der Waals surface area contributed by atoms with Crippen LogP contribution in [0.3, 0.4) is 0 Å². The Hall–Kier alpha value is -1.51. The van der Waals surface area contributed by atoms with Crippen LogP contribution in [0, 0.1) is 12.7 Å². The Morgan fingerprint density at radius 1 is 1.48 bits per heavy atom. The van der Waals surface area contributed by atoms with Gasteiger partial charge in [0.1, 0.15) is 16.8 Å². The Kier molecular flexibility index (Phi) is 4.31. The van der Waals surface area contributed by atoms with Crippen molar-refractivity contribution in [1.82, 2.24) is 4.31 Å². The number of hydrogen-bond acceptors (Lipinski definition) is 4. The SMILES string of the molecule is CO[C@H]1C[C@@H](C(N)=O)N(S(=O)(=O)c2c(C)cccc2F)C1. The molecule has 6 nitrogen and oxygen atoms in total. The number of carbonyl (C=O) groups excluding carboxylic acids is 1. The fourth-order valence-electron chi connectivity index (χ4n) is 2.52. The summed E-state index contributed by atoms with van der Waals surface area (Å²) in [7, 11) is -2.74.